The number of methoxy groups -OCH3 is 1. The van der Waals surface area contributed by atoms with Crippen LogP contribution in [0.4, 0.5) is 5.13 Å². The largest absolute Gasteiger partial charge is 0.497 e. The van der Waals surface area contributed by atoms with E-state index in [0.717, 1.165) is 21.5 Å². The van der Waals surface area contributed by atoms with E-state index in [1.165, 1.54) is 28.7 Å². The average molecular weight is 379 g/mol. The van der Waals surface area contributed by atoms with Gasteiger partial charge in [-0.25, -0.2) is 14.6 Å². The maximum Gasteiger partial charge on any atom is 0.250 e. The number of amides is 1. The molecule has 27 heavy (non-hydrogen) atoms. The molecule has 0 unspecified atom stereocenters. The molecule has 4 aromatic rings. The molecule has 136 valence electrons. The van der Waals surface area contributed by atoms with E-state index in [2.05, 4.69) is 15.1 Å². The third kappa shape index (κ3) is 3.80. The molecule has 0 aliphatic carbocycles. The molecule has 8 heteroatoms. The fraction of sp³-hybridized carbons (Fsp3) is 0.158. The maximum absolute atomic E-state index is 13.0. The number of fused-ring (bicyclic) bond motifs is 1. The van der Waals surface area contributed by atoms with Crippen molar-refractivity contribution in [1.29, 1.82) is 0 Å². The number of aromatic nitrogens is 4. The lowest BCUT2D eigenvalue weighted by molar-refractivity contribution is -0.119. The van der Waals surface area contributed by atoms with Crippen LogP contribution in [0.15, 0.2) is 61.2 Å². The highest BCUT2D eigenvalue weighted by Gasteiger charge is 2.21. The number of nitrogens with zero attached hydrogens (tertiary/aromatic N) is 5. The van der Waals surface area contributed by atoms with E-state index >= 15 is 0 Å². The van der Waals surface area contributed by atoms with Crippen molar-refractivity contribution in [2.45, 2.75) is 13.1 Å². The SMILES string of the molecule is COc1ccc2sc(N(Cc3ccccc3)C(=O)Cn3cncn3)nc2c1. The summed E-state index contributed by atoms with van der Waals surface area (Å²) in [6.45, 7) is 0.539. The van der Waals surface area contributed by atoms with Crippen molar-refractivity contribution in [1.82, 2.24) is 19.7 Å². The van der Waals surface area contributed by atoms with Gasteiger partial charge in [0.05, 0.1) is 23.9 Å². The highest BCUT2D eigenvalue weighted by molar-refractivity contribution is 7.22. The minimum atomic E-state index is -0.102. The first-order chi connectivity index (χ1) is 13.2. The monoisotopic (exact) mass is 379 g/mol. The van der Waals surface area contributed by atoms with Gasteiger partial charge in [0.1, 0.15) is 24.9 Å². The fourth-order valence-electron chi connectivity index (χ4n) is 2.70. The Hall–Kier alpha value is -3.26. The van der Waals surface area contributed by atoms with Gasteiger partial charge in [-0.05, 0) is 17.7 Å². The van der Waals surface area contributed by atoms with Gasteiger partial charge >= 0.3 is 0 Å². The summed E-state index contributed by atoms with van der Waals surface area (Å²) >= 11 is 1.48. The van der Waals surface area contributed by atoms with Gasteiger partial charge < -0.3 is 4.74 Å². The molecule has 0 saturated carbocycles. The normalized spacial score (nSPS) is 10.9. The van der Waals surface area contributed by atoms with E-state index in [9.17, 15) is 4.79 Å². The molecule has 0 radical (unpaired) electrons. The summed E-state index contributed by atoms with van der Waals surface area (Å²) in [7, 11) is 1.62. The van der Waals surface area contributed by atoms with Crippen LogP contribution in [0.5, 0.6) is 5.75 Å². The van der Waals surface area contributed by atoms with E-state index < -0.39 is 0 Å². The molecular weight excluding hydrogens is 362 g/mol. The third-order valence-electron chi connectivity index (χ3n) is 4.06. The Morgan fingerprint density at radius 3 is 2.81 bits per heavy atom. The predicted molar refractivity (Wildman–Crippen MR) is 104 cm³/mol. The molecule has 0 atom stereocenters. The van der Waals surface area contributed by atoms with Crippen LogP contribution in [-0.4, -0.2) is 32.8 Å². The number of hydrogen-bond acceptors (Lipinski definition) is 6. The maximum atomic E-state index is 13.0. The van der Waals surface area contributed by atoms with E-state index in [1.54, 1.807) is 12.0 Å². The molecule has 0 bridgehead atoms. The zero-order valence-electron chi connectivity index (χ0n) is 14.6. The van der Waals surface area contributed by atoms with Crippen LogP contribution < -0.4 is 9.64 Å². The molecule has 2 aromatic heterocycles. The minimum Gasteiger partial charge on any atom is -0.497 e. The first-order valence-corrected chi connectivity index (χ1v) is 9.16. The van der Waals surface area contributed by atoms with Crippen LogP contribution in [0.25, 0.3) is 10.2 Å². The Morgan fingerprint density at radius 2 is 2.07 bits per heavy atom. The van der Waals surface area contributed by atoms with Gasteiger partial charge in [-0.3, -0.25) is 9.69 Å². The van der Waals surface area contributed by atoms with Crippen LogP contribution >= 0.6 is 11.3 Å². The molecule has 4 rings (SSSR count). The van der Waals surface area contributed by atoms with Gasteiger partial charge in [0.25, 0.3) is 5.91 Å². The smallest absolute Gasteiger partial charge is 0.250 e. The second-order valence-corrected chi connectivity index (χ2v) is 6.90. The summed E-state index contributed by atoms with van der Waals surface area (Å²) in [5, 5.41) is 4.67. The number of carbonyl (C=O) groups is 1. The fourth-order valence-corrected chi connectivity index (χ4v) is 3.67. The van der Waals surface area contributed by atoms with Crippen LogP contribution in [0, 0.1) is 0 Å². The number of rotatable bonds is 6. The van der Waals surface area contributed by atoms with E-state index in [-0.39, 0.29) is 12.5 Å². The summed E-state index contributed by atoms with van der Waals surface area (Å²) in [5.41, 5.74) is 1.84. The topological polar surface area (TPSA) is 73.1 Å². The minimum absolute atomic E-state index is 0.102. The number of thiazole rings is 1. The van der Waals surface area contributed by atoms with Crippen molar-refractivity contribution in [3.8, 4) is 5.75 Å². The molecule has 0 aliphatic rings. The lowest BCUT2D eigenvalue weighted by Crippen LogP contribution is -2.33. The van der Waals surface area contributed by atoms with Crippen LogP contribution in [0.3, 0.4) is 0 Å². The number of hydrogen-bond donors (Lipinski definition) is 0. The zero-order chi connectivity index (χ0) is 18.6. The molecule has 0 spiro atoms. The summed E-state index contributed by atoms with van der Waals surface area (Å²) in [5.74, 6) is 0.637. The predicted octanol–water partition coefficient (Wildman–Crippen LogP) is 3.13. The Balaban J connectivity index is 1.69. The summed E-state index contributed by atoms with van der Waals surface area (Å²) in [6.07, 6.45) is 2.95. The number of carbonyl (C=O) groups excluding carboxylic acids is 1. The highest BCUT2D eigenvalue weighted by atomic mass is 32.1. The Labute approximate surface area is 159 Å². The van der Waals surface area contributed by atoms with Gasteiger partial charge in [-0.1, -0.05) is 41.7 Å². The number of ether oxygens (including phenoxy) is 1. The van der Waals surface area contributed by atoms with Crippen molar-refractivity contribution < 1.29 is 9.53 Å². The van der Waals surface area contributed by atoms with Crippen molar-refractivity contribution in [3.63, 3.8) is 0 Å². The molecular formula is C19H17N5O2S. The van der Waals surface area contributed by atoms with Gasteiger partial charge in [0, 0.05) is 6.07 Å². The van der Waals surface area contributed by atoms with Crippen LogP contribution in [0.2, 0.25) is 0 Å². The molecule has 2 heterocycles. The van der Waals surface area contributed by atoms with Gasteiger partial charge in [-0.2, -0.15) is 5.10 Å². The number of benzene rings is 2. The van der Waals surface area contributed by atoms with E-state index in [1.807, 2.05) is 48.5 Å². The highest BCUT2D eigenvalue weighted by Crippen LogP contribution is 2.32. The van der Waals surface area contributed by atoms with Crippen molar-refractivity contribution >= 4 is 32.6 Å². The Bertz CT molecular complexity index is 1050. The standard InChI is InChI=1S/C19H17N5O2S/c1-26-15-7-8-17-16(9-15)22-19(27-17)24(10-14-5-3-2-4-6-14)18(25)11-23-13-20-12-21-23/h2-9,12-13H,10-11H2,1H3. The van der Waals surface area contributed by atoms with Crippen molar-refractivity contribution in [2.24, 2.45) is 0 Å². The molecule has 0 aliphatic heterocycles. The first kappa shape index (κ1) is 17.2. The molecule has 0 saturated heterocycles. The second-order valence-electron chi connectivity index (χ2n) is 5.89. The van der Waals surface area contributed by atoms with E-state index in [4.69, 9.17) is 4.74 Å². The van der Waals surface area contributed by atoms with Gasteiger partial charge in [-0.15, -0.1) is 0 Å². The molecule has 2 aromatic carbocycles. The summed E-state index contributed by atoms with van der Waals surface area (Å²) < 4.78 is 7.78. The lowest BCUT2D eigenvalue weighted by atomic mass is 10.2. The van der Waals surface area contributed by atoms with Crippen molar-refractivity contribution in [2.75, 3.05) is 12.0 Å². The Kier molecular flexibility index (Phi) is 4.80. The quantitative estimate of drug-likeness (QED) is 0.515. The summed E-state index contributed by atoms with van der Waals surface area (Å²) in [6, 6.07) is 15.6. The van der Waals surface area contributed by atoms with Crippen LogP contribution in [0.1, 0.15) is 5.56 Å². The Morgan fingerprint density at radius 1 is 1.22 bits per heavy atom. The summed E-state index contributed by atoms with van der Waals surface area (Å²) in [4.78, 5) is 23.2. The average Bonchev–Trinajstić information content (AvgIpc) is 3.35. The second kappa shape index (κ2) is 7.55. The zero-order valence-corrected chi connectivity index (χ0v) is 15.5. The third-order valence-corrected chi connectivity index (χ3v) is 5.12. The van der Waals surface area contributed by atoms with E-state index in [0.29, 0.717) is 11.7 Å². The van der Waals surface area contributed by atoms with Gasteiger partial charge in [0.15, 0.2) is 5.13 Å². The first-order valence-electron chi connectivity index (χ1n) is 8.34. The van der Waals surface area contributed by atoms with Crippen LogP contribution in [-0.2, 0) is 17.9 Å². The molecule has 1 amide bonds. The lowest BCUT2D eigenvalue weighted by Gasteiger charge is -2.20. The van der Waals surface area contributed by atoms with Crippen molar-refractivity contribution in [3.05, 3.63) is 66.7 Å². The van der Waals surface area contributed by atoms with Gasteiger partial charge in [0.2, 0.25) is 0 Å². The molecule has 0 N–H and O–H groups in total. The molecule has 7 nitrogen and oxygen atoms in total. The molecule has 0 fully saturated rings. The number of anilines is 1.